The minimum absolute atomic E-state index is 0.00559. The highest BCUT2D eigenvalue weighted by Gasteiger charge is 2.30. The molecule has 1 aliphatic heterocycles. The fraction of sp³-hybridized carbons (Fsp3) is 0.556. The second-order valence-corrected chi connectivity index (χ2v) is 4.93. The summed E-state index contributed by atoms with van der Waals surface area (Å²) < 4.78 is 35.5. The molecule has 8 heteroatoms. The van der Waals surface area contributed by atoms with Crippen LogP contribution in [0.4, 0.5) is 8.78 Å². The highest BCUT2D eigenvalue weighted by atomic mass is 19.3. The largest absolute Gasteiger partial charge is 0.448 e. The van der Waals surface area contributed by atoms with Crippen LogP contribution in [-0.4, -0.2) is 55.2 Å². The highest BCUT2D eigenvalue weighted by Crippen LogP contribution is 2.23. The first-order valence-corrected chi connectivity index (χ1v) is 8.22. The summed E-state index contributed by atoms with van der Waals surface area (Å²) in [6, 6.07) is 7.92. The van der Waals surface area contributed by atoms with Crippen LogP contribution in [0.5, 0.6) is 0 Å². The second-order valence-electron chi connectivity index (χ2n) is 4.93. The Bertz CT molecular complexity index is 574. The number of hydrogen-bond acceptors (Lipinski definition) is 6. The predicted molar refractivity (Wildman–Crippen MR) is 94.1 cm³/mol. The molecule has 6 nitrogen and oxygen atoms in total. The van der Waals surface area contributed by atoms with Crippen LogP contribution in [-0.2, 0) is 9.47 Å². The third kappa shape index (κ3) is 7.44. The van der Waals surface area contributed by atoms with Gasteiger partial charge in [0.25, 0.3) is 6.43 Å². The Morgan fingerprint density at radius 2 is 1.88 bits per heavy atom. The van der Waals surface area contributed by atoms with Crippen molar-refractivity contribution in [1.29, 1.82) is 5.26 Å². The Morgan fingerprint density at radius 1 is 1.31 bits per heavy atom. The van der Waals surface area contributed by atoms with Gasteiger partial charge in [0.05, 0.1) is 17.7 Å². The van der Waals surface area contributed by atoms with E-state index in [1.807, 2.05) is 19.9 Å². The number of nitriles is 1. The maximum Gasteiger partial charge on any atom is 0.264 e. The second kappa shape index (κ2) is 13.2. The molecule has 0 aliphatic carbocycles. The van der Waals surface area contributed by atoms with Crippen molar-refractivity contribution >= 4 is 5.90 Å². The van der Waals surface area contributed by atoms with Gasteiger partial charge in [0.15, 0.2) is 0 Å². The summed E-state index contributed by atoms with van der Waals surface area (Å²) in [5, 5.41) is 25.5. The summed E-state index contributed by atoms with van der Waals surface area (Å²) >= 11 is 0. The van der Waals surface area contributed by atoms with Gasteiger partial charge in [0.1, 0.15) is 6.10 Å². The SMILES string of the molecule is CC.CO.COC(CC1CC(O)OC(c2ccc(C#N)cc2)=N1)C(F)F. The maximum absolute atomic E-state index is 12.8. The molecule has 0 saturated heterocycles. The van der Waals surface area contributed by atoms with E-state index in [9.17, 15) is 13.9 Å². The van der Waals surface area contributed by atoms with Gasteiger partial charge in [-0.15, -0.1) is 0 Å². The number of aliphatic imine (C=N–C) groups is 1. The Balaban J connectivity index is 0.00000146. The zero-order valence-corrected chi connectivity index (χ0v) is 15.4. The van der Waals surface area contributed by atoms with E-state index in [-0.39, 0.29) is 18.7 Å². The quantitative estimate of drug-likeness (QED) is 0.829. The minimum atomic E-state index is -2.61. The molecule has 0 amide bonds. The lowest BCUT2D eigenvalue weighted by Gasteiger charge is -2.27. The van der Waals surface area contributed by atoms with E-state index in [1.165, 1.54) is 7.11 Å². The molecule has 1 aliphatic rings. The number of nitrogens with zero attached hydrogens (tertiary/aromatic N) is 2. The van der Waals surface area contributed by atoms with Gasteiger partial charge in [0.2, 0.25) is 12.2 Å². The number of alkyl halides is 2. The molecule has 1 aromatic rings. The molecule has 3 unspecified atom stereocenters. The van der Waals surface area contributed by atoms with E-state index in [2.05, 4.69) is 4.99 Å². The molecular weight excluding hydrogens is 346 g/mol. The molecule has 0 saturated carbocycles. The van der Waals surface area contributed by atoms with Gasteiger partial charge in [-0.05, 0) is 24.3 Å². The molecule has 0 bridgehead atoms. The number of methoxy groups -OCH3 is 1. The fourth-order valence-electron chi connectivity index (χ4n) is 2.21. The Hall–Kier alpha value is -2.08. The third-order valence-electron chi connectivity index (χ3n) is 3.37. The number of ether oxygens (including phenoxy) is 2. The number of halogens is 2. The van der Waals surface area contributed by atoms with Crippen molar-refractivity contribution in [2.75, 3.05) is 14.2 Å². The summed E-state index contributed by atoms with van der Waals surface area (Å²) in [7, 11) is 2.22. The molecule has 2 rings (SSSR count). The van der Waals surface area contributed by atoms with Crippen molar-refractivity contribution in [2.45, 2.75) is 51.6 Å². The van der Waals surface area contributed by atoms with Crippen LogP contribution < -0.4 is 0 Å². The molecule has 0 spiro atoms. The molecule has 0 radical (unpaired) electrons. The third-order valence-corrected chi connectivity index (χ3v) is 3.37. The van der Waals surface area contributed by atoms with E-state index < -0.39 is 24.9 Å². The first-order chi connectivity index (χ1) is 12.5. The lowest BCUT2D eigenvalue weighted by Crippen LogP contribution is -2.34. The summed E-state index contributed by atoms with van der Waals surface area (Å²) in [6.07, 6.45) is -4.83. The highest BCUT2D eigenvalue weighted by molar-refractivity contribution is 5.94. The van der Waals surface area contributed by atoms with Gasteiger partial charge >= 0.3 is 0 Å². The van der Waals surface area contributed by atoms with Crippen LogP contribution in [0.2, 0.25) is 0 Å². The van der Waals surface area contributed by atoms with Crippen molar-refractivity contribution in [3.63, 3.8) is 0 Å². The number of benzene rings is 1. The number of rotatable bonds is 5. The van der Waals surface area contributed by atoms with Gasteiger partial charge < -0.3 is 19.7 Å². The van der Waals surface area contributed by atoms with Crippen molar-refractivity contribution in [2.24, 2.45) is 4.99 Å². The molecule has 0 fully saturated rings. The van der Waals surface area contributed by atoms with Crippen LogP contribution in [0.1, 0.15) is 37.8 Å². The van der Waals surface area contributed by atoms with Crippen LogP contribution in [0, 0.1) is 11.3 Å². The van der Waals surface area contributed by atoms with Crippen molar-refractivity contribution in [1.82, 2.24) is 0 Å². The van der Waals surface area contributed by atoms with E-state index in [0.29, 0.717) is 11.1 Å². The Labute approximate surface area is 152 Å². The number of aliphatic hydroxyl groups is 2. The van der Waals surface area contributed by atoms with E-state index in [0.717, 1.165) is 7.11 Å². The molecule has 146 valence electrons. The molecular formula is C18H26F2N2O4. The molecule has 1 heterocycles. The van der Waals surface area contributed by atoms with Crippen LogP contribution in [0.25, 0.3) is 0 Å². The zero-order chi connectivity index (χ0) is 20.1. The van der Waals surface area contributed by atoms with Crippen molar-refractivity contribution < 1.29 is 28.5 Å². The molecule has 2 N–H and O–H groups in total. The van der Waals surface area contributed by atoms with Crippen LogP contribution >= 0.6 is 0 Å². The van der Waals surface area contributed by atoms with Gasteiger partial charge in [-0.25, -0.2) is 13.8 Å². The van der Waals surface area contributed by atoms with Crippen molar-refractivity contribution in [3.05, 3.63) is 35.4 Å². The molecule has 3 atom stereocenters. The standard InChI is InChI=1S/C15H16F2N2O3.C2H6.CH4O/c1-21-12(14(16)17)6-11-7-13(20)22-15(19-11)10-4-2-9(8-18)3-5-10;2*1-2/h2-5,11-14,20H,6-7H2,1H3;1-2H3;2H,1H3. The van der Waals surface area contributed by atoms with E-state index >= 15 is 0 Å². The Morgan fingerprint density at radius 3 is 2.35 bits per heavy atom. The lowest BCUT2D eigenvalue weighted by atomic mass is 10.0. The van der Waals surface area contributed by atoms with Crippen LogP contribution in [0.15, 0.2) is 29.3 Å². The number of aliphatic hydroxyl groups excluding tert-OH is 2. The van der Waals surface area contributed by atoms with Gasteiger partial charge in [-0.1, -0.05) is 13.8 Å². The summed E-state index contributed by atoms with van der Waals surface area (Å²) in [5.41, 5.74) is 1.06. The zero-order valence-electron chi connectivity index (χ0n) is 15.4. The summed E-state index contributed by atoms with van der Waals surface area (Å²) in [5.74, 6) is 0.178. The first-order valence-electron chi connectivity index (χ1n) is 8.22. The predicted octanol–water partition coefficient (Wildman–Crippen LogP) is 2.72. The molecule has 0 aromatic heterocycles. The fourth-order valence-corrected chi connectivity index (χ4v) is 2.21. The Kier molecular flexibility index (Phi) is 12.1. The normalized spacial score (nSPS) is 19.6. The van der Waals surface area contributed by atoms with E-state index in [1.54, 1.807) is 24.3 Å². The maximum atomic E-state index is 12.8. The summed E-state index contributed by atoms with van der Waals surface area (Å²) in [6.45, 7) is 4.00. The molecule has 1 aromatic carbocycles. The number of hydrogen-bond donors (Lipinski definition) is 2. The average Bonchev–Trinajstić information content (AvgIpc) is 2.68. The monoisotopic (exact) mass is 372 g/mol. The summed E-state index contributed by atoms with van der Waals surface area (Å²) in [4.78, 5) is 4.27. The van der Waals surface area contributed by atoms with E-state index in [4.69, 9.17) is 19.8 Å². The topological polar surface area (TPSA) is 95.1 Å². The average molecular weight is 372 g/mol. The van der Waals surface area contributed by atoms with Gasteiger partial charge in [0, 0.05) is 32.6 Å². The smallest absolute Gasteiger partial charge is 0.264 e. The van der Waals surface area contributed by atoms with Crippen LogP contribution in [0.3, 0.4) is 0 Å². The minimum Gasteiger partial charge on any atom is -0.448 e. The first kappa shape index (κ1) is 23.9. The van der Waals surface area contributed by atoms with Crippen molar-refractivity contribution in [3.8, 4) is 6.07 Å². The van der Waals surface area contributed by atoms with Gasteiger partial charge in [-0.3, -0.25) is 0 Å². The lowest BCUT2D eigenvalue weighted by molar-refractivity contribution is -0.0659. The molecule has 26 heavy (non-hydrogen) atoms. The van der Waals surface area contributed by atoms with Gasteiger partial charge in [-0.2, -0.15) is 5.26 Å².